The number of aromatic nitrogens is 2. The Morgan fingerprint density at radius 3 is 2.66 bits per heavy atom. The van der Waals surface area contributed by atoms with Crippen molar-refractivity contribution in [1.29, 1.82) is 0 Å². The molecule has 0 aliphatic rings. The normalized spacial score (nSPS) is 11.3. The van der Waals surface area contributed by atoms with E-state index in [0.29, 0.717) is 28.2 Å². The van der Waals surface area contributed by atoms with Gasteiger partial charge in [-0.15, -0.1) is 0 Å². The summed E-state index contributed by atoms with van der Waals surface area (Å²) in [4.78, 5) is 18.2. The summed E-state index contributed by atoms with van der Waals surface area (Å²) in [6.07, 6.45) is 3.81. The number of methoxy groups -OCH3 is 1. The fraction of sp³-hybridized carbons (Fsp3) is 0.0435. The first-order valence-corrected chi connectivity index (χ1v) is 10.7. The van der Waals surface area contributed by atoms with Crippen LogP contribution in [-0.4, -0.2) is 16.7 Å². The summed E-state index contributed by atoms with van der Waals surface area (Å²) >= 11 is 5.69. The Bertz CT molecular complexity index is 1300. The number of nitrogens with zero attached hydrogens (tertiary/aromatic N) is 2. The van der Waals surface area contributed by atoms with E-state index in [-0.39, 0.29) is 5.56 Å². The molecule has 3 aromatic carbocycles. The van der Waals surface area contributed by atoms with Crippen molar-refractivity contribution in [2.45, 2.75) is 0 Å². The fourth-order valence-electron chi connectivity index (χ4n) is 3.07. The molecule has 0 spiro atoms. The Morgan fingerprint density at radius 2 is 1.86 bits per heavy atom. The van der Waals surface area contributed by atoms with Crippen molar-refractivity contribution in [2.24, 2.45) is 0 Å². The molecule has 4 aromatic rings. The lowest BCUT2D eigenvalue weighted by Gasteiger charge is -2.12. The van der Waals surface area contributed by atoms with E-state index < -0.39 is 0 Å². The van der Waals surface area contributed by atoms with Crippen LogP contribution in [0.25, 0.3) is 28.7 Å². The maximum absolute atomic E-state index is 13.4. The first-order valence-electron chi connectivity index (χ1n) is 8.85. The molecule has 6 heteroatoms. The summed E-state index contributed by atoms with van der Waals surface area (Å²) in [7, 11) is 1.61. The largest absolute Gasteiger partial charge is 0.497 e. The lowest BCUT2D eigenvalue weighted by atomic mass is 10.2. The molecule has 0 fully saturated rings. The molecule has 144 valence electrons. The van der Waals surface area contributed by atoms with Crippen LogP contribution in [0.2, 0.25) is 0 Å². The zero-order valence-electron chi connectivity index (χ0n) is 15.5. The molecule has 1 heterocycles. The molecule has 0 radical (unpaired) electrons. The van der Waals surface area contributed by atoms with Gasteiger partial charge in [-0.05, 0) is 76.7 Å². The molecule has 29 heavy (non-hydrogen) atoms. The Balaban J connectivity index is 1.96. The van der Waals surface area contributed by atoms with Crippen molar-refractivity contribution in [3.05, 3.63) is 96.5 Å². The number of hydrogen-bond acceptors (Lipinski definition) is 3. The second-order valence-electron chi connectivity index (χ2n) is 6.36. The van der Waals surface area contributed by atoms with E-state index in [1.54, 1.807) is 11.7 Å². The molecule has 0 N–H and O–H groups in total. The zero-order valence-corrected chi connectivity index (χ0v) is 19.2. The standard InChI is InChI=1S/C23H16BrIN2O2/c1-29-19-7-3-6-18(14-19)27-22(11-8-15-4-2-5-16(24)12-15)26-21-10-9-17(25)13-20(21)23(27)28/h2-14H,1H3. The predicted molar refractivity (Wildman–Crippen MR) is 130 cm³/mol. The highest BCUT2D eigenvalue weighted by Gasteiger charge is 2.12. The molecule has 0 saturated heterocycles. The fourth-order valence-corrected chi connectivity index (χ4v) is 3.98. The Kier molecular flexibility index (Phi) is 5.82. The summed E-state index contributed by atoms with van der Waals surface area (Å²) in [5, 5.41) is 0.583. The van der Waals surface area contributed by atoms with E-state index >= 15 is 0 Å². The van der Waals surface area contributed by atoms with Crippen molar-refractivity contribution in [3.63, 3.8) is 0 Å². The molecular weight excluding hydrogens is 543 g/mol. The highest BCUT2D eigenvalue weighted by atomic mass is 127. The second kappa shape index (κ2) is 8.51. The van der Waals surface area contributed by atoms with Gasteiger partial charge >= 0.3 is 0 Å². The van der Waals surface area contributed by atoms with E-state index in [4.69, 9.17) is 9.72 Å². The van der Waals surface area contributed by atoms with E-state index in [1.165, 1.54) is 0 Å². The van der Waals surface area contributed by atoms with Gasteiger partial charge in [-0.2, -0.15) is 0 Å². The van der Waals surface area contributed by atoms with Crippen molar-refractivity contribution in [1.82, 2.24) is 9.55 Å². The minimum Gasteiger partial charge on any atom is -0.497 e. The lowest BCUT2D eigenvalue weighted by Crippen LogP contribution is -2.22. The van der Waals surface area contributed by atoms with Crippen LogP contribution in [0.4, 0.5) is 0 Å². The second-order valence-corrected chi connectivity index (χ2v) is 8.52. The summed E-state index contributed by atoms with van der Waals surface area (Å²) in [6, 6.07) is 21.1. The third-order valence-electron chi connectivity index (χ3n) is 4.44. The Morgan fingerprint density at radius 1 is 1.03 bits per heavy atom. The molecule has 1 aromatic heterocycles. The van der Waals surface area contributed by atoms with Crippen molar-refractivity contribution in [3.8, 4) is 11.4 Å². The minimum atomic E-state index is -0.115. The first-order chi connectivity index (χ1) is 14.0. The maximum Gasteiger partial charge on any atom is 0.266 e. The highest BCUT2D eigenvalue weighted by Crippen LogP contribution is 2.21. The van der Waals surface area contributed by atoms with Crippen LogP contribution in [0, 0.1) is 3.57 Å². The van der Waals surface area contributed by atoms with Gasteiger partial charge in [-0.25, -0.2) is 4.98 Å². The Labute approximate surface area is 190 Å². The van der Waals surface area contributed by atoms with Crippen molar-refractivity contribution < 1.29 is 4.74 Å². The van der Waals surface area contributed by atoms with E-state index in [9.17, 15) is 4.79 Å². The molecule has 0 unspecified atom stereocenters. The Hall–Kier alpha value is -2.45. The molecule has 0 aliphatic heterocycles. The summed E-state index contributed by atoms with van der Waals surface area (Å²) < 4.78 is 8.95. The van der Waals surface area contributed by atoms with Gasteiger partial charge in [-0.1, -0.05) is 40.2 Å². The van der Waals surface area contributed by atoms with Crippen molar-refractivity contribution in [2.75, 3.05) is 7.11 Å². The summed E-state index contributed by atoms with van der Waals surface area (Å²) in [6.45, 7) is 0. The average molecular weight is 559 g/mol. The monoisotopic (exact) mass is 558 g/mol. The minimum absolute atomic E-state index is 0.115. The number of halogens is 2. The van der Waals surface area contributed by atoms with Gasteiger partial charge < -0.3 is 4.74 Å². The average Bonchev–Trinajstić information content (AvgIpc) is 2.73. The summed E-state index contributed by atoms with van der Waals surface area (Å²) in [5.41, 5.74) is 2.27. The van der Waals surface area contributed by atoms with Gasteiger partial charge in [0.15, 0.2) is 0 Å². The first kappa shape index (κ1) is 19.8. The maximum atomic E-state index is 13.4. The van der Waals surface area contributed by atoms with Crippen molar-refractivity contribution >= 4 is 61.6 Å². The number of hydrogen-bond donors (Lipinski definition) is 0. The quantitative estimate of drug-likeness (QED) is 0.292. The number of ether oxygens (including phenoxy) is 1. The number of rotatable bonds is 4. The third-order valence-corrected chi connectivity index (χ3v) is 5.61. The van der Waals surface area contributed by atoms with Gasteiger partial charge in [0.05, 0.1) is 23.7 Å². The molecule has 0 atom stereocenters. The van der Waals surface area contributed by atoms with Gasteiger partial charge in [-0.3, -0.25) is 9.36 Å². The van der Waals surface area contributed by atoms with Crippen LogP contribution in [-0.2, 0) is 0 Å². The highest BCUT2D eigenvalue weighted by molar-refractivity contribution is 14.1. The molecule has 0 saturated carbocycles. The van der Waals surface area contributed by atoms with Crippen LogP contribution in [0.1, 0.15) is 11.4 Å². The van der Waals surface area contributed by atoms with Gasteiger partial charge in [0.25, 0.3) is 5.56 Å². The molecular formula is C23H16BrIN2O2. The predicted octanol–water partition coefficient (Wildman–Crippen LogP) is 5.93. The lowest BCUT2D eigenvalue weighted by molar-refractivity contribution is 0.414. The summed E-state index contributed by atoms with van der Waals surface area (Å²) in [5.74, 6) is 1.23. The van der Waals surface area contributed by atoms with Crippen LogP contribution in [0.3, 0.4) is 0 Å². The molecule has 4 rings (SSSR count). The molecule has 0 bridgehead atoms. The smallest absolute Gasteiger partial charge is 0.266 e. The van der Waals surface area contributed by atoms with E-state index in [1.807, 2.05) is 78.9 Å². The zero-order chi connectivity index (χ0) is 20.4. The van der Waals surface area contributed by atoms with Crippen LogP contribution in [0.15, 0.2) is 76.0 Å². The van der Waals surface area contributed by atoms with E-state index in [0.717, 1.165) is 13.6 Å². The van der Waals surface area contributed by atoms with E-state index in [2.05, 4.69) is 38.5 Å². The van der Waals surface area contributed by atoms with Gasteiger partial charge in [0, 0.05) is 14.1 Å². The number of benzene rings is 3. The molecule has 0 aliphatic carbocycles. The van der Waals surface area contributed by atoms with Gasteiger partial charge in [0.1, 0.15) is 11.6 Å². The van der Waals surface area contributed by atoms with Crippen LogP contribution < -0.4 is 10.3 Å². The molecule has 0 amide bonds. The third kappa shape index (κ3) is 4.28. The SMILES string of the molecule is COc1cccc(-n2c(C=Cc3cccc(Br)c3)nc3ccc(I)cc3c2=O)c1. The molecule has 4 nitrogen and oxygen atoms in total. The number of fused-ring (bicyclic) bond motifs is 1. The van der Waals surface area contributed by atoms with Crippen LogP contribution in [0.5, 0.6) is 5.75 Å². The topological polar surface area (TPSA) is 44.1 Å². The van der Waals surface area contributed by atoms with Crippen LogP contribution >= 0.6 is 38.5 Å². The van der Waals surface area contributed by atoms with Gasteiger partial charge in [0.2, 0.25) is 0 Å².